The molecule has 4 nitrogen and oxygen atoms in total. The van der Waals surface area contributed by atoms with Crippen LogP contribution in [0.3, 0.4) is 0 Å². The van der Waals surface area contributed by atoms with Gasteiger partial charge in [-0.2, -0.15) is 0 Å². The summed E-state index contributed by atoms with van der Waals surface area (Å²) in [6.07, 6.45) is -0.282. The molecule has 0 bridgehead atoms. The van der Waals surface area contributed by atoms with Crippen LogP contribution in [0.15, 0.2) is 24.3 Å². The first kappa shape index (κ1) is 12.1. The van der Waals surface area contributed by atoms with Crippen LogP contribution in [-0.4, -0.2) is 24.6 Å². The van der Waals surface area contributed by atoms with Gasteiger partial charge >= 0.3 is 5.97 Å². The minimum Gasteiger partial charge on any atom is -0.469 e. The van der Waals surface area contributed by atoms with Crippen LogP contribution in [0.5, 0.6) is 0 Å². The van der Waals surface area contributed by atoms with Gasteiger partial charge in [-0.05, 0) is 6.92 Å². The fourth-order valence-electron chi connectivity index (χ4n) is 1.20. The second-order valence-electron chi connectivity index (χ2n) is 3.31. The van der Waals surface area contributed by atoms with E-state index in [2.05, 4.69) is 4.74 Å². The molecule has 0 spiro atoms. The van der Waals surface area contributed by atoms with Crippen molar-refractivity contribution in [3.8, 4) is 0 Å². The highest BCUT2D eigenvalue weighted by Gasteiger charge is 2.12. The molecule has 1 aromatic rings. The Balaban J connectivity index is 2.78. The Morgan fingerprint density at radius 2 is 1.56 bits per heavy atom. The number of rotatable bonds is 4. The van der Waals surface area contributed by atoms with E-state index in [-0.39, 0.29) is 18.0 Å². The highest BCUT2D eigenvalue weighted by atomic mass is 16.5. The zero-order valence-corrected chi connectivity index (χ0v) is 9.15. The summed E-state index contributed by atoms with van der Waals surface area (Å²) in [4.78, 5) is 33.4. The minimum atomic E-state index is -0.569. The summed E-state index contributed by atoms with van der Waals surface area (Å²) in [7, 11) is 1.23. The smallest absolute Gasteiger partial charge is 0.313 e. The van der Waals surface area contributed by atoms with E-state index in [1.54, 1.807) is 12.1 Å². The lowest BCUT2D eigenvalue weighted by atomic mass is 10.0. The number of methoxy groups -OCH3 is 1. The van der Waals surface area contributed by atoms with Crippen LogP contribution >= 0.6 is 0 Å². The van der Waals surface area contributed by atoms with E-state index in [0.717, 1.165) is 0 Å². The van der Waals surface area contributed by atoms with Gasteiger partial charge in [-0.1, -0.05) is 24.3 Å². The summed E-state index contributed by atoms with van der Waals surface area (Å²) in [5.41, 5.74) is 0.935. The van der Waals surface area contributed by atoms with Crippen molar-refractivity contribution in [1.82, 2.24) is 0 Å². The Morgan fingerprint density at radius 1 is 1.06 bits per heavy atom. The van der Waals surface area contributed by atoms with E-state index in [4.69, 9.17) is 0 Å². The maximum atomic E-state index is 11.5. The highest BCUT2D eigenvalue weighted by Crippen LogP contribution is 2.08. The van der Waals surface area contributed by atoms with Crippen LogP contribution < -0.4 is 0 Å². The molecule has 0 aliphatic carbocycles. The van der Waals surface area contributed by atoms with Crippen molar-refractivity contribution in [3.63, 3.8) is 0 Å². The van der Waals surface area contributed by atoms with Crippen molar-refractivity contribution in [2.45, 2.75) is 13.3 Å². The van der Waals surface area contributed by atoms with E-state index < -0.39 is 5.97 Å². The Morgan fingerprint density at radius 3 is 2.00 bits per heavy atom. The maximum Gasteiger partial charge on any atom is 0.313 e. The molecule has 0 heterocycles. The molecule has 16 heavy (non-hydrogen) atoms. The molecule has 0 radical (unpaired) electrons. The minimum absolute atomic E-state index is 0.0630. The zero-order valence-electron chi connectivity index (χ0n) is 9.15. The summed E-state index contributed by atoms with van der Waals surface area (Å²) >= 11 is 0. The van der Waals surface area contributed by atoms with Gasteiger partial charge < -0.3 is 4.74 Å². The van der Waals surface area contributed by atoms with Crippen molar-refractivity contribution in [2.24, 2.45) is 0 Å². The van der Waals surface area contributed by atoms with Crippen LogP contribution in [0.1, 0.15) is 34.1 Å². The molecule has 0 amide bonds. The third-order valence-corrected chi connectivity index (χ3v) is 2.15. The quantitative estimate of drug-likeness (QED) is 0.439. The number of ketones is 2. The third kappa shape index (κ3) is 3.02. The van der Waals surface area contributed by atoms with Crippen LogP contribution in [0.4, 0.5) is 0 Å². The predicted octanol–water partition coefficient (Wildman–Crippen LogP) is 1.64. The molecule has 4 heteroatoms. The number of benzene rings is 1. The fourth-order valence-corrected chi connectivity index (χ4v) is 1.20. The number of carbonyl (C=O) groups is 3. The predicted molar refractivity (Wildman–Crippen MR) is 57.4 cm³/mol. The normalized spacial score (nSPS) is 9.62. The molecule has 0 N–H and O–H groups in total. The zero-order chi connectivity index (χ0) is 12.1. The van der Waals surface area contributed by atoms with Crippen molar-refractivity contribution in [3.05, 3.63) is 35.4 Å². The number of esters is 1. The fraction of sp³-hybridized carbons (Fsp3) is 0.250. The highest BCUT2D eigenvalue weighted by molar-refractivity contribution is 6.06. The molecule has 0 aromatic heterocycles. The third-order valence-electron chi connectivity index (χ3n) is 2.15. The van der Waals surface area contributed by atoms with E-state index in [0.29, 0.717) is 11.1 Å². The van der Waals surface area contributed by atoms with Gasteiger partial charge in [0.1, 0.15) is 6.42 Å². The lowest BCUT2D eigenvalue weighted by molar-refractivity contribution is -0.139. The van der Waals surface area contributed by atoms with Crippen LogP contribution in [0.25, 0.3) is 0 Å². The second kappa shape index (κ2) is 5.21. The number of ether oxygens (including phenoxy) is 1. The molecule has 0 aliphatic rings. The number of hydrogen-bond acceptors (Lipinski definition) is 4. The monoisotopic (exact) mass is 220 g/mol. The maximum absolute atomic E-state index is 11.5. The van der Waals surface area contributed by atoms with Crippen LogP contribution in [-0.2, 0) is 9.53 Å². The molecule has 0 fully saturated rings. The van der Waals surface area contributed by atoms with E-state index in [1.165, 1.54) is 26.2 Å². The van der Waals surface area contributed by atoms with E-state index in [1.807, 2.05) is 0 Å². The summed E-state index contributed by atoms with van der Waals surface area (Å²) in [6.45, 7) is 1.45. The van der Waals surface area contributed by atoms with Crippen LogP contribution in [0.2, 0.25) is 0 Å². The molecule has 0 aliphatic heterocycles. The van der Waals surface area contributed by atoms with Gasteiger partial charge in [0.2, 0.25) is 0 Å². The second-order valence-corrected chi connectivity index (χ2v) is 3.31. The van der Waals surface area contributed by atoms with Crippen molar-refractivity contribution in [1.29, 1.82) is 0 Å². The summed E-state index contributed by atoms with van der Waals surface area (Å²) in [6, 6.07) is 6.18. The van der Waals surface area contributed by atoms with Gasteiger partial charge in [-0.15, -0.1) is 0 Å². The first-order chi connectivity index (χ1) is 7.54. The van der Waals surface area contributed by atoms with Gasteiger partial charge in [-0.25, -0.2) is 0 Å². The first-order valence-electron chi connectivity index (χ1n) is 4.75. The SMILES string of the molecule is COC(=O)CC(=O)c1ccc(C(C)=O)cc1. The van der Waals surface area contributed by atoms with Crippen molar-refractivity contribution in [2.75, 3.05) is 7.11 Å². The largest absolute Gasteiger partial charge is 0.469 e. The topological polar surface area (TPSA) is 60.4 Å². The lowest BCUT2D eigenvalue weighted by Crippen LogP contribution is -2.09. The number of hydrogen-bond donors (Lipinski definition) is 0. The average Bonchev–Trinajstić information content (AvgIpc) is 2.28. The Bertz CT molecular complexity index is 417. The standard InChI is InChI=1S/C12H12O4/c1-8(13)9-3-5-10(6-4-9)11(14)7-12(15)16-2/h3-6H,7H2,1-2H3. The Kier molecular flexibility index (Phi) is 3.94. The molecule has 0 saturated carbocycles. The van der Waals surface area contributed by atoms with Gasteiger partial charge in [0, 0.05) is 11.1 Å². The molecule has 84 valence electrons. The molecule has 0 atom stereocenters. The molecule has 0 saturated heterocycles. The van der Waals surface area contributed by atoms with Gasteiger partial charge in [-0.3, -0.25) is 14.4 Å². The van der Waals surface area contributed by atoms with E-state index in [9.17, 15) is 14.4 Å². The molecular weight excluding hydrogens is 208 g/mol. The van der Waals surface area contributed by atoms with Crippen molar-refractivity contribution < 1.29 is 19.1 Å². The van der Waals surface area contributed by atoms with Crippen molar-refractivity contribution >= 4 is 17.5 Å². The van der Waals surface area contributed by atoms with Crippen LogP contribution in [0, 0.1) is 0 Å². The molecular formula is C12H12O4. The first-order valence-corrected chi connectivity index (χ1v) is 4.75. The van der Waals surface area contributed by atoms with E-state index >= 15 is 0 Å². The number of carbonyl (C=O) groups excluding carboxylic acids is 3. The summed E-state index contributed by atoms with van der Waals surface area (Å²) in [5.74, 6) is -0.949. The van der Waals surface area contributed by atoms with Gasteiger partial charge in [0.15, 0.2) is 11.6 Å². The average molecular weight is 220 g/mol. The Labute approximate surface area is 93.2 Å². The van der Waals surface area contributed by atoms with Gasteiger partial charge in [0.25, 0.3) is 0 Å². The Hall–Kier alpha value is -1.97. The van der Waals surface area contributed by atoms with Gasteiger partial charge in [0.05, 0.1) is 7.11 Å². The summed E-state index contributed by atoms with van der Waals surface area (Å²) < 4.78 is 4.39. The molecule has 0 unspecified atom stereocenters. The molecule has 1 rings (SSSR count). The molecule has 1 aromatic carbocycles. The summed E-state index contributed by atoms with van der Waals surface area (Å²) in [5, 5.41) is 0. The lowest BCUT2D eigenvalue weighted by Gasteiger charge is -2.01. The number of Topliss-reactive ketones (excluding diaryl/α,β-unsaturated/α-hetero) is 2.